The van der Waals surface area contributed by atoms with E-state index in [-0.39, 0.29) is 12.4 Å². The minimum Gasteiger partial charge on any atom is -0.447 e. The molecule has 4 N–H and O–H groups in total. The highest BCUT2D eigenvalue weighted by Gasteiger charge is 2.07. The molecule has 1 aromatic rings. The van der Waals surface area contributed by atoms with Crippen LogP contribution in [0.2, 0.25) is 0 Å². The van der Waals surface area contributed by atoms with E-state index in [1.165, 1.54) is 0 Å². The summed E-state index contributed by atoms with van der Waals surface area (Å²) in [5.74, 6) is -0.0283. The molecule has 0 radical (unpaired) electrons. The fraction of sp³-hybridized carbons (Fsp3) is 0.385. The van der Waals surface area contributed by atoms with Crippen LogP contribution in [0.1, 0.15) is 18.9 Å². The first-order valence-corrected chi connectivity index (χ1v) is 6.09. The molecule has 0 atom stereocenters. The Morgan fingerprint density at radius 2 is 1.95 bits per heavy atom. The minimum absolute atomic E-state index is 0.0283. The van der Waals surface area contributed by atoms with Gasteiger partial charge in [-0.25, -0.2) is 4.79 Å². The molecule has 0 aliphatic carbocycles. The molecule has 0 aliphatic rings. The first-order valence-electron chi connectivity index (χ1n) is 6.09. The van der Waals surface area contributed by atoms with Crippen LogP contribution in [0.15, 0.2) is 24.3 Å². The van der Waals surface area contributed by atoms with E-state index in [0.717, 1.165) is 6.42 Å². The van der Waals surface area contributed by atoms with Crippen LogP contribution in [0.3, 0.4) is 0 Å². The van der Waals surface area contributed by atoms with Gasteiger partial charge in [0.25, 0.3) is 0 Å². The third kappa shape index (κ3) is 5.87. The number of amidine groups is 1. The van der Waals surface area contributed by atoms with Crippen LogP contribution in [0.4, 0.5) is 10.5 Å². The largest absolute Gasteiger partial charge is 0.447 e. The number of anilines is 1. The van der Waals surface area contributed by atoms with Gasteiger partial charge < -0.3 is 15.2 Å². The molecular weight excluding hydrogens is 246 g/mol. The molecule has 0 aliphatic heterocycles. The maximum atomic E-state index is 11.4. The van der Waals surface area contributed by atoms with E-state index in [0.29, 0.717) is 24.5 Å². The molecule has 104 valence electrons. The predicted molar refractivity (Wildman–Crippen MR) is 73.3 cm³/mol. The fourth-order valence-corrected chi connectivity index (χ4v) is 1.30. The van der Waals surface area contributed by atoms with Crippen LogP contribution in [0, 0.1) is 5.41 Å². The van der Waals surface area contributed by atoms with Gasteiger partial charge in [-0.15, -0.1) is 0 Å². The first-order chi connectivity index (χ1) is 9.13. The maximum absolute atomic E-state index is 11.4. The van der Waals surface area contributed by atoms with Gasteiger partial charge in [0.2, 0.25) is 0 Å². The van der Waals surface area contributed by atoms with Gasteiger partial charge in [0.1, 0.15) is 12.4 Å². The van der Waals surface area contributed by atoms with Gasteiger partial charge in [-0.3, -0.25) is 10.7 Å². The average Bonchev–Trinajstić information content (AvgIpc) is 2.39. The molecular formula is C13H19N3O3. The predicted octanol–water partition coefficient (Wildman–Crippen LogP) is 1.75. The number of carbonyl (C=O) groups excluding carboxylic acids is 1. The Balaban J connectivity index is 2.28. The fourth-order valence-electron chi connectivity index (χ4n) is 1.30. The summed E-state index contributed by atoms with van der Waals surface area (Å²) in [4.78, 5) is 11.4. The van der Waals surface area contributed by atoms with Crippen molar-refractivity contribution in [2.75, 3.05) is 25.6 Å². The lowest BCUT2D eigenvalue weighted by Crippen LogP contribution is -2.31. The lowest BCUT2D eigenvalue weighted by Gasteiger charge is -2.08. The highest BCUT2D eigenvalue weighted by atomic mass is 16.6. The Hall–Kier alpha value is -2.08. The standard InChI is InChI=1S/C13H19N3O3/c1-2-7-18-8-9-19-13(17)16-12(15)10-3-5-11(14)6-4-10/h3-6H,2,7-9,14H2,1H3,(H2,15,16,17). The van der Waals surface area contributed by atoms with Crippen LogP contribution in [0.25, 0.3) is 0 Å². The van der Waals surface area contributed by atoms with Crippen LogP contribution in [-0.2, 0) is 9.47 Å². The number of hydrogen-bond donors (Lipinski definition) is 3. The molecule has 19 heavy (non-hydrogen) atoms. The zero-order chi connectivity index (χ0) is 14.1. The maximum Gasteiger partial charge on any atom is 0.412 e. The van der Waals surface area contributed by atoms with E-state index in [1.54, 1.807) is 24.3 Å². The van der Waals surface area contributed by atoms with E-state index in [4.69, 9.17) is 20.6 Å². The number of carbonyl (C=O) groups is 1. The van der Waals surface area contributed by atoms with Crippen LogP contribution in [-0.4, -0.2) is 31.7 Å². The number of nitrogens with two attached hydrogens (primary N) is 1. The Morgan fingerprint density at radius 1 is 1.26 bits per heavy atom. The van der Waals surface area contributed by atoms with Gasteiger partial charge in [-0.1, -0.05) is 6.92 Å². The van der Waals surface area contributed by atoms with Crippen LogP contribution in [0.5, 0.6) is 0 Å². The normalized spacial score (nSPS) is 9.95. The third-order valence-corrected chi connectivity index (χ3v) is 2.24. The number of rotatable bonds is 6. The zero-order valence-electron chi connectivity index (χ0n) is 10.9. The van der Waals surface area contributed by atoms with Gasteiger partial charge in [0, 0.05) is 17.9 Å². The van der Waals surface area contributed by atoms with Crippen molar-refractivity contribution >= 4 is 17.6 Å². The Morgan fingerprint density at radius 3 is 2.58 bits per heavy atom. The van der Waals surface area contributed by atoms with E-state index < -0.39 is 6.09 Å². The lowest BCUT2D eigenvalue weighted by molar-refractivity contribution is 0.0750. The van der Waals surface area contributed by atoms with Gasteiger partial charge in [0.15, 0.2) is 0 Å². The summed E-state index contributed by atoms with van der Waals surface area (Å²) in [6.07, 6.45) is 0.260. The number of nitrogens with one attached hydrogen (secondary N) is 2. The monoisotopic (exact) mass is 265 g/mol. The molecule has 0 unspecified atom stereocenters. The highest BCUT2D eigenvalue weighted by molar-refractivity contribution is 6.04. The van der Waals surface area contributed by atoms with Gasteiger partial charge in [-0.2, -0.15) is 0 Å². The minimum atomic E-state index is -0.665. The number of hydrogen-bond acceptors (Lipinski definition) is 5. The summed E-state index contributed by atoms with van der Waals surface area (Å²) < 4.78 is 10.0. The third-order valence-electron chi connectivity index (χ3n) is 2.24. The van der Waals surface area contributed by atoms with Crippen molar-refractivity contribution in [2.45, 2.75) is 13.3 Å². The van der Waals surface area contributed by atoms with Crippen molar-refractivity contribution in [3.63, 3.8) is 0 Å². The van der Waals surface area contributed by atoms with E-state index >= 15 is 0 Å². The summed E-state index contributed by atoms with van der Waals surface area (Å²) in [7, 11) is 0. The molecule has 0 aromatic heterocycles. The number of alkyl carbamates (subject to hydrolysis) is 1. The summed E-state index contributed by atoms with van der Waals surface area (Å²) in [5, 5.41) is 10.0. The van der Waals surface area contributed by atoms with Crippen LogP contribution < -0.4 is 11.1 Å². The molecule has 0 fully saturated rings. The number of nitrogen functional groups attached to an aromatic ring is 1. The molecule has 6 heteroatoms. The highest BCUT2D eigenvalue weighted by Crippen LogP contribution is 2.05. The second-order valence-electron chi connectivity index (χ2n) is 3.87. The topological polar surface area (TPSA) is 97.4 Å². The molecule has 0 heterocycles. The SMILES string of the molecule is CCCOCCOC(=O)NC(=N)c1ccc(N)cc1. The second kappa shape index (κ2) is 8.10. The van der Waals surface area contributed by atoms with Gasteiger partial charge in [-0.05, 0) is 30.7 Å². The van der Waals surface area contributed by atoms with Crippen molar-refractivity contribution in [1.82, 2.24) is 5.32 Å². The summed E-state index contributed by atoms with van der Waals surface area (Å²) in [5.41, 5.74) is 6.70. The lowest BCUT2D eigenvalue weighted by atomic mass is 10.2. The Labute approximate surface area is 112 Å². The molecule has 1 rings (SSSR count). The van der Waals surface area contributed by atoms with Crippen LogP contribution >= 0.6 is 0 Å². The van der Waals surface area contributed by atoms with Crippen molar-refractivity contribution in [3.8, 4) is 0 Å². The summed E-state index contributed by atoms with van der Waals surface area (Å²) >= 11 is 0. The van der Waals surface area contributed by atoms with Crippen molar-refractivity contribution in [1.29, 1.82) is 5.41 Å². The van der Waals surface area contributed by atoms with E-state index in [9.17, 15) is 4.79 Å². The molecule has 6 nitrogen and oxygen atoms in total. The van der Waals surface area contributed by atoms with Gasteiger partial charge >= 0.3 is 6.09 Å². The number of benzene rings is 1. The van der Waals surface area contributed by atoms with Crippen molar-refractivity contribution in [2.24, 2.45) is 0 Å². The zero-order valence-corrected chi connectivity index (χ0v) is 10.9. The Bertz CT molecular complexity index is 418. The summed E-state index contributed by atoms with van der Waals surface area (Å²) in [6.45, 7) is 3.17. The van der Waals surface area contributed by atoms with E-state index in [2.05, 4.69) is 5.32 Å². The first kappa shape index (κ1) is 15.0. The van der Waals surface area contributed by atoms with Crippen molar-refractivity contribution < 1.29 is 14.3 Å². The molecule has 0 saturated heterocycles. The molecule has 0 bridgehead atoms. The molecule has 1 aromatic carbocycles. The second-order valence-corrected chi connectivity index (χ2v) is 3.87. The quantitative estimate of drug-likeness (QED) is 0.316. The average molecular weight is 265 g/mol. The molecule has 0 saturated carbocycles. The smallest absolute Gasteiger partial charge is 0.412 e. The molecule has 0 spiro atoms. The van der Waals surface area contributed by atoms with Crippen molar-refractivity contribution in [3.05, 3.63) is 29.8 Å². The number of ether oxygens (including phenoxy) is 2. The summed E-state index contributed by atoms with van der Waals surface area (Å²) in [6, 6.07) is 6.63. The molecule has 1 amide bonds. The number of amides is 1. The van der Waals surface area contributed by atoms with Gasteiger partial charge in [0.05, 0.1) is 6.61 Å². The Kier molecular flexibility index (Phi) is 6.38. The van der Waals surface area contributed by atoms with E-state index in [1.807, 2.05) is 6.92 Å².